The molecule has 5 aromatic rings. The van der Waals surface area contributed by atoms with Gasteiger partial charge in [-0.15, -0.1) is 0 Å². The van der Waals surface area contributed by atoms with Gasteiger partial charge >= 0.3 is 12.1 Å². The first kappa shape index (κ1) is 34.0. The summed E-state index contributed by atoms with van der Waals surface area (Å²) in [6.07, 6.45) is 5.37. The van der Waals surface area contributed by atoms with Crippen LogP contribution < -0.4 is 10.9 Å². The van der Waals surface area contributed by atoms with Crippen LogP contribution in [0.4, 0.5) is 18.9 Å². The zero-order valence-corrected chi connectivity index (χ0v) is 26.7. The number of carboxylic acid groups (broad SMARTS) is 1. The number of halogens is 4. The lowest BCUT2D eigenvalue weighted by molar-refractivity contribution is -0.192. The van der Waals surface area contributed by atoms with Crippen molar-refractivity contribution in [2.45, 2.75) is 45.3 Å². The molecule has 5 heterocycles. The molecule has 2 N–H and O–H groups in total. The van der Waals surface area contributed by atoms with Crippen LogP contribution in [0.15, 0.2) is 72.4 Å². The molecule has 0 saturated carbocycles. The lowest BCUT2D eigenvalue weighted by atomic mass is 9.97. The molecule has 0 fully saturated rings. The molecule has 0 aliphatic carbocycles. The number of hydrogen-bond acceptors (Lipinski definition) is 7. The number of carboxylic acids is 1. The van der Waals surface area contributed by atoms with Crippen molar-refractivity contribution in [2.75, 3.05) is 5.32 Å². The summed E-state index contributed by atoms with van der Waals surface area (Å²) >= 11 is 6.37. The molecule has 0 unspecified atom stereocenters. The number of amides is 1. The Morgan fingerprint density at radius 3 is 2.48 bits per heavy atom. The second kappa shape index (κ2) is 13.8. The Bertz CT molecular complexity index is 2040. The van der Waals surface area contributed by atoms with Gasteiger partial charge in [-0.1, -0.05) is 24.9 Å². The Kier molecular flexibility index (Phi) is 9.79. The van der Waals surface area contributed by atoms with Crippen molar-refractivity contribution in [1.29, 1.82) is 0 Å². The molecule has 6 rings (SSSR count). The second-order valence-electron chi connectivity index (χ2n) is 11.2. The van der Waals surface area contributed by atoms with Crippen molar-refractivity contribution in [3.63, 3.8) is 0 Å². The molecule has 1 amide bonds. The van der Waals surface area contributed by atoms with Crippen LogP contribution in [0.2, 0.25) is 5.02 Å². The molecule has 0 saturated heterocycles. The minimum absolute atomic E-state index is 0.0562. The maximum atomic E-state index is 13.7. The minimum Gasteiger partial charge on any atom is -0.475 e. The summed E-state index contributed by atoms with van der Waals surface area (Å²) < 4.78 is 37.0. The molecule has 1 aliphatic rings. The van der Waals surface area contributed by atoms with Crippen LogP contribution in [0.5, 0.6) is 0 Å². The molecular weight excluding hydrogens is 653 g/mol. The molecule has 48 heavy (non-hydrogen) atoms. The van der Waals surface area contributed by atoms with Gasteiger partial charge in [-0.05, 0) is 50.1 Å². The van der Waals surface area contributed by atoms with E-state index in [9.17, 15) is 22.8 Å². The van der Waals surface area contributed by atoms with Crippen molar-refractivity contribution in [3.8, 4) is 28.2 Å². The van der Waals surface area contributed by atoms with E-state index < -0.39 is 12.1 Å². The number of pyridine rings is 1. The maximum absolute atomic E-state index is 13.7. The number of carbonyl (C=O) groups is 2. The number of fused-ring (bicyclic) bond motifs is 4. The van der Waals surface area contributed by atoms with E-state index in [0.717, 1.165) is 40.3 Å². The monoisotopic (exact) mass is 682 g/mol. The number of alkyl halides is 3. The van der Waals surface area contributed by atoms with Crippen molar-refractivity contribution in [2.24, 2.45) is 13.0 Å². The van der Waals surface area contributed by atoms with Gasteiger partial charge in [0.25, 0.3) is 5.56 Å². The fraction of sp³-hybridized carbons (Fsp3) is 0.281. The molecule has 2 bridgehead atoms. The molecule has 12 nitrogen and oxygen atoms in total. The summed E-state index contributed by atoms with van der Waals surface area (Å²) in [4.78, 5) is 49.2. The van der Waals surface area contributed by atoms with Crippen LogP contribution >= 0.6 is 11.6 Å². The van der Waals surface area contributed by atoms with Gasteiger partial charge in [0.15, 0.2) is 0 Å². The van der Waals surface area contributed by atoms with Gasteiger partial charge in [-0.3, -0.25) is 23.8 Å². The first-order chi connectivity index (χ1) is 22.7. The number of aliphatic carboxylic acids is 1. The van der Waals surface area contributed by atoms with Gasteiger partial charge in [0.05, 0.1) is 53.3 Å². The highest BCUT2D eigenvalue weighted by atomic mass is 35.5. The zero-order valence-electron chi connectivity index (χ0n) is 25.9. The molecule has 1 aromatic carbocycles. The van der Waals surface area contributed by atoms with Crippen molar-refractivity contribution >= 4 is 29.2 Å². The molecule has 250 valence electrons. The van der Waals surface area contributed by atoms with Gasteiger partial charge in [-0.25, -0.2) is 14.8 Å². The molecule has 16 heteroatoms. The number of nitrogens with zero attached hydrogens (tertiary/aromatic N) is 7. The van der Waals surface area contributed by atoms with Crippen LogP contribution in [-0.2, 0) is 16.6 Å². The summed E-state index contributed by atoms with van der Waals surface area (Å²) in [6.45, 7) is 3.87. The molecule has 0 spiro atoms. The van der Waals surface area contributed by atoms with Crippen molar-refractivity contribution in [3.05, 3.63) is 94.4 Å². The predicted octanol–water partition coefficient (Wildman–Crippen LogP) is 5.83. The molecule has 4 aromatic heterocycles. The zero-order chi connectivity index (χ0) is 34.7. The highest BCUT2D eigenvalue weighted by Gasteiger charge is 2.38. The normalized spacial score (nSPS) is 16.4. The summed E-state index contributed by atoms with van der Waals surface area (Å²) in [6, 6.07) is 10.5. The number of carbonyl (C=O) groups excluding carboxylic acids is 1. The Hall–Kier alpha value is -5.31. The highest BCUT2D eigenvalue weighted by molar-refractivity contribution is 6.31. The maximum Gasteiger partial charge on any atom is 0.490 e. The van der Waals surface area contributed by atoms with E-state index in [1.807, 2.05) is 43.7 Å². The Morgan fingerprint density at radius 1 is 1.06 bits per heavy atom. The van der Waals surface area contributed by atoms with E-state index in [1.54, 1.807) is 52.6 Å². The quantitative estimate of drug-likeness (QED) is 0.241. The number of aromatic nitrogens is 7. The lowest BCUT2D eigenvalue weighted by Crippen LogP contribution is -2.27. The van der Waals surface area contributed by atoms with Crippen LogP contribution in [-0.4, -0.2) is 57.0 Å². The third-order valence-electron chi connectivity index (χ3n) is 7.89. The van der Waals surface area contributed by atoms with E-state index in [4.69, 9.17) is 26.5 Å². The molecule has 2 atom stereocenters. The number of aryl methyl sites for hydroxylation is 2. The van der Waals surface area contributed by atoms with E-state index >= 15 is 0 Å². The fourth-order valence-corrected chi connectivity index (χ4v) is 5.58. The summed E-state index contributed by atoms with van der Waals surface area (Å²) in [5.41, 5.74) is 5.81. The number of imidazole rings is 1. The van der Waals surface area contributed by atoms with Crippen LogP contribution in [0.1, 0.15) is 43.6 Å². The third-order valence-corrected chi connectivity index (χ3v) is 8.12. The first-order valence-electron chi connectivity index (χ1n) is 14.7. The standard InChI is InChI=1S/C30H29ClN8O2.C2HF3O2/c1-18-5-4-6-27(24-11-20(9-10-33-24)29-25(36-30(18)41)15-35-37(29)3)39-17-34-23(13-28(39)40)22-12-21(31)7-8-26(22)38-16-32-14-19(38)2;3-2(4,5)1(6)7/h7-18,27H,4-6H2,1-3H3,(H,36,41);(H,6,7)/t18-,27+;/m1./s1. The SMILES string of the molecule is Cc1cncn1-c1ccc(Cl)cc1-c1cc(=O)n([C@H]2CCC[C@@H](C)C(=O)Nc3cnn(C)c3-c3ccnc2c3)cn1.O=C(O)C(F)(F)F. The lowest BCUT2D eigenvalue weighted by Gasteiger charge is -2.22. The second-order valence-corrected chi connectivity index (χ2v) is 11.7. The number of benzene rings is 1. The number of hydrogen-bond donors (Lipinski definition) is 2. The van der Waals surface area contributed by atoms with Gasteiger partial charge in [0.2, 0.25) is 5.91 Å². The van der Waals surface area contributed by atoms with Crippen LogP contribution in [0.25, 0.3) is 28.2 Å². The molecule has 0 radical (unpaired) electrons. The van der Waals surface area contributed by atoms with E-state index in [0.29, 0.717) is 29.2 Å². The minimum atomic E-state index is -5.08. The number of anilines is 1. The summed E-state index contributed by atoms with van der Waals surface area (Å²) in [5.74, 6) is -3.02. The van der Waals surface area contributed by atoms with E-state index in [1.165, 1.54) is 6.07 Å². The average Bonchev–Trinajstić information content (AvgIpc) is 3.63. The first-order valence-corrected chi connectivity index (χ1v) is 15.1. The molecular formula is C32H30ClF3N8O4. The topological polar surface area (TPSA) is 150 Å². The Morgan fingerprint density at radius 2 is 1.81 bits per heavy atom. The van der Waals surface area contributed by atoms with E-state index in [-0.39, 0.29) is 23.4 Å². The van der Waals surface area contributed by atoms with Crippen molar-refractivity contribution < 1.29 is 27.9 Å². The summed E-state index contributed by atoms with van der Waals surface area (Å²) in [5, 5.41) is 15.1. The highest BCUT2D eigenvalue weighted by Crippen LogP contribution is 2.33. The fourth-order valence-electron chi connectivity index (χ4n) is 5.41. The number of rotatable bonds is 3. The summed E-state index contributed by atoms with van der Waals surface area (Å²) in [7, 11) is 1.83. The van der Waals surface area contributed by atoms with Gasteiger partial charge in [-0.2, -0.15) is 18.3 Å². The van der Waals surface area contributed by atoms with Crippen LogP contribution in [0, 0.1) is 12.8 Å². The third kappa shape index (κ3) is 7.30. The predicted molar refractivity (Wildman–Crippen MR) is 171 cm³/mol. The Labute approximate surface area is 276 Å². The number of nitrogens with one attached hydrogen (secondary N) is 1. The largest absolute Gasteiger partial charge is 0.490 e. The van der Waals surface area contributed by atoms with Gasteiger partial charge in [0, 0.05) is 53.3 Å². The Balaban J connectivity index is 0.000000582. The van der Waals surface area contributed by atoms with Gasteiger partial charge < -0.3 is 15.0 Å². The smallest absolute Gasteiger partial charge is 0.475 e. The molecule has 1 aliphatic heterocycles. The van der Waals surface area contributed by atoms with E-state index in [2.05, 4.69) is 20.4 Å². The van der Waals surface area contributed by atoms with Crippen LogP contribution in [0.3, 0.4) is 0 Å². The average molecular weight is 683 g/mol. The van der Waals surface area contributed by atoms with Gasteiger partial charge in [0.1, 0.15) is 0 Å². The van der Waals surface area contributed by atoms with Crippen molar-refractivity contribution in [1.82, 2.24) is 33.9 Å².